The summed E-state index contributed by atoms with van der Waals surface area (Å²) in [6.45, 7) is 5.67. The molecule has 2 N–H and O–H groups in total. The number of hydrogen-bond acceptors (Lipinski definition) is 5. The second-order valence-electron chi connectivity index (χ2n) is 5.05. The largest absolute Gasteiger partial charge is 0.315 e. The maximum atomic E-state index is 11.8. The molecule has 1 unspecified atom stereocenters. The van der Waals surface area contributed by atoms with Crippen molar-refractivity contribution in [3.05, 3.63) is 0 Å². The Hall–Kier alpha value is 0.570. The van der Waals surface area contributed by atoms with Crippen LogP contribution in [0.15, 0.2) is 0 Å². The van der Waals surface area contributed by atoms with Gasteiger partial charge in [0.2, 0.25) is 10.0 Å². The van der Waals surface area contributed by atoms with Crippen molar-refractivity contribution in [2.45, 2.75) is 38.0 Å². The minimum Gasteiger partial charge on any atom is -0.315 e. The van der Waals surface area contributed by atoms with Crippen molar-refractivity contribution in [2.24, 2.45) is 0 Å². The van der Waals surface area contributed by atoms with E-state index in [2.05, 4.69) is 23.9 Å². The van der Waals surface area contributed by atoms with Gasteiger partial charge in [0, 0.05) is 35.1 Å². The molecule has 0 aromatic heterocycles. The minimum absolute atomic E-state index is 0.247. The molecule has 1 heterocycles. The molecule has 1 aliphatic rings. The lowest BCUT2D eigenvalue weighted by Gasteiger charge is -2.21. The zero-order chi connectivity index (χ0) is 14.1. The van der Waals surface area contributed by atoms with Crippen LogP contribution in [0.2, 0.25) is 0 Å². The molecule has 1 saturated heterocycles. The number of thioether (sulfide) groups is 2. The van der Waals surface area contributed by atoms with Crippen LogP contribution in [0.1, 0.15) is 26.7 Å². The SMILES string of the molecule is CC(C)NCCCCS(=O)(=O)NCC1CSCCS1. The van der Waals surface area contributed by atoms with E-state index in [0.29, 0.717) is 17.8 Å². The summed E-state index contributed by atoms with van der Waals surface area (Å²) in [4.78, 5) is 0. The fraction of sp³-hybridized carbons (Fsp3) is 1.00. The lowest BCUT2D eigenvalue weighted by Crippen LogP contribution is -2.35. The van der Waals surface area contributed by atoms with Crippen LogP contribution in [0.4, 0.5) is 0 Å². The van der Waals surface area contributed by atoms with Crippen LogP contribution >= 0.6 is 23.5 Å². The highest BCUT2D eigenvalue weighted by molar-refractivity contribution is 8.06. The van der Waals surface area contributed by atoms with Crippen molar-refractivity contribution in [3.8, 4) is 0 Å². The van der Waals surface area contributed by atoms with Crippen molar-refractivity contribution in [2.75, 3.05) is 36.1 Å². The average molecular weight is 327 g/mol. The predicted molar refractivity (Wildman–Crippen MR) is 87.7 cm³/mol. The second kappa shape index (κ2) is 9.50. The molecule has 4 nitrogen and oxygen atoms in total. The molecule has 0 saturated carbocycles. The first-order valence-electron chi connectivity index (χ1n) is 6.89. The van der Waals surface area contributed by atoms with Gasteiger partial charge in [-0.25, -0.2) is 13.1 Å². The van der Waals surface area contributed by atoms with E-state index in [1.165, 1.54) is 5.75 Å². The molecule has 0 spiro atoms. The highest BCUT2D eigenvalue weighted by Gasteiger charge is 2.17. The van der Waals surface area contributed by atoms with E-state index in [0.717, 1.165) is 30.9 Å². The topological polar surface area (TPSA) is 58.2 Å². The Kier molecular flexibility index (Phi) is 8.81. The first-order valence-corrected chi connectivity index (χ1v) is 10.8. The summed E-state index contributed by atoms with van der Waals surface area (Å²) >= 11 is 3.80. The van der Waals surface area contributed by atoms with Crippen LogP contribution in [-0.4, -0.2) is 55.8 Å². The van der Waals surface area contributed by atoms with Crippen LogP contribution in [0.5, 0.6) is 0 Å². The van der Waals surface area contributed by atoms with Gasteiger partial charge in [-0.2, -0.15) is 23.5 Å². The van der Waals surface area contributed by atoms with E-state index < -0.39 is 10.0 Å². The van der Waals surface area contributed by atoms with Gasteiger partial charge in [0.25, 0.3) is 0 Å². The molecule has 7 heteroatoms. The molecule has 19 heavy (non-hydrogen) atoms. The van der Waals surface area contributed by atoms with Gasteiger partial charge in [-0.1, -0.05) is 13.8 Å². The third kappa shape index (κ3) is 9.18. The molecule has 0 bridgehead atoms. The summed E-state index contributed by atoms with van der Waals surface area (Å²) in [5, 5.41) is 3.73. The Labute approximate surface area is 126 Å². The number of rotatable bonds is 9. The molecule has 0 aliphatic carbocycles. The Morgan fingerprint density at radius 1 is 1.26 bits per heavy atom. The lowest BCUT2D eigenvalue weighted by atomic mass is 10.3. The Bertz CT molecular complexity index is 328. The van der Waals surface area contributed by atoms with Crippen molar-refractivity contribution < 1.29 is 8.42 Å². The summed E-state index contributed by atoms with van der Waals surface area (Å²) in [5.74, 6) is 3.64. The standard InChI is InChI=1S/C12H26N2O2S3/c1-11(2)13-5-3-4-8-19(15,16)14-9-12-10-17-6-7-18-12/h11-14H,3-10H2,1-2H3. The molecule has 0 amide bonds. The van der Waals surface area contributed by atoms with E-state index >= 15 is 0 Å². The van der Waals surface area contributed by atoms with E-state index in [1.807, 2.05) is 23.5 Å². The third-order valence-electron chi connectivity index (χ3n) is 2.81. The molecule has 1 rings (SSSR count). The first kappa shape index (κ1) is 17.6. The maximum Gasteiger partial charge on any atom is 0.211 e. The van der Waals surface area contributed by atoms with Gasteiger partial charge in [-0.05, 0) is 19.4 Å². The van der Waals surface area contributed by atoms with Gasteiger partial charge in [-0.3, -0.25) is 0 Å². The highest BCUT2D eigenvalue weighted by Crippen LogP contribution is 2.23. The van der Waals surface area contributed by atoms with Crippen molar-refractivity contribution >= 4 is 33.5 Å². The second-order valence-corrected chi connectivity index (χ2v) is 9.54. The maximum absolute atomic E-state index is 11.8. The van der Waals surface area contributed by atoms with Gasteiger partial charge < -0.3 is 5.32 Å². The van der Waals surface area contributed by atoms with Crippen LogP contribution < -0.4 is 10.0 Å². The molecule has 1 fully saturated rings. The summed E-state index contributed by atoms with van der Waals surface area (Å²) in [6, 6.07) is 0.468. The normalized spacial score (nSPS) is 20.9. The summed E-state index contributed by atoms with van der Waals surface area (Å²) in [6.07, 6.45) is 1.63. The van der Waals surface area contributed by atoms with Gasteiger partial charge in [0.1, 0.15) is 0 Å². The quantitative estimate of drug-likeness (QED) is 0.629. The van der Waals surface area contributed by atoms with Gasteiger partial charge in [-0.15, -0.1) is 0 Å². The highest BCUT2D eigenvalue weighted by atomic mass is 32.2. The molecular formula is C12H26N2O2S3. The van der Waals surface area contributed by atoms with E-state index in [1.54, 1.807) is 0 Å². The molecular weight excluding hydrogens is 300 g/mol. The van der Waals surface area contributed by atoms with Crippen LogP contribution in [0.3, 0.4) is 0 Å². The minimum atomic E-state index is -3.08. The first-order chi connectivity index (χ1) is 8.99. The molecule has 114 valence electrons. The van der Waals surface area contributed by atoms with Crippen LogP contribution in [-0.2, 0) is 10.0 Å². The summed E-state index contributed by atoms with van der Waals surface area (Å²) < 4.78 is 26.4. The zero-order valence-electron chi connectivity index (χ0n) is 11.9. The van der Waals surface area contributed by atoms with Gasteiger partial charge in [0.05, 0.1) is 5.75 Å². The average Bonchev–Trinajstić information content (AvgIpc) is 2.37. The molecule has 1 atom stereocenters. The van der Waals surface area contributed by atoms with Gasteiger partial charge >= 0.3 is 0 Å². The van der Waals surface area contributed by atoms with E-state index in [4.69, 9.17) is 0 Å². The predicted octanol–water partition coefficient (Wildman–Crippen LogP) is 1.53. The Morgan fingerprint density at radius 3 is 2.68 bits per heavy atom. The van der Waals surface area contributed by atoms with Crippen LogP contribution in [0.25, 0.3) is 0 Å². The fourth-order valence-electron chi connectivity index (χ4n) is 1.75. The molecule has 0 aromatic rings. The van der Waals surface area contributed by atoms with Crippen LogP contribution in [0, 0.1) is 0 Å². The Morgan fingerprint density at radius 2 is 2.05 bits per heavy atom. The van der Waals surface area contributed by atoms with E-state index in [-0.39, 0.29) is 5.75 Å². The van der Waals surface area contributed by atoms with Crippen molar-refractivity contribution in [1.82, 2.24) is 10.0 Å². The number of unbranched alkanes of at least 4 members (excludes halogenated alkanes) is 1. The summed E-state index contributed by atoms with van der Waals surface area (Å²) in [7, 11) is -3.08. The molecule has 1 aliphatic heterocycles. The lowest BCUT2D eigenvalue weighted by molar-refractivity contribution is 0.555. The Balaban J connectivity index is 2.09. The number of nitrogens with one attached hydrogen (secondary N) is 2. The van der Waals surface area contributed by atoms with Crippen molar-refractivity contribution in [3.63, 3.8) is 0 Å². The third-order valence-corrected chi connectivity index (χ3v) is 7.09. The zero-order valence-corrected chi connectivity index (χ0v) is 14.3. The van der Waals surface area contributed by atoms with E-state index in [9.17, 15) is 8.42 Å². The summed E-state index contributed by atoms with van der Waals surface area (Å²) in [5.41, 5.74) is 0. The number of sulfonamides is 1. The monoisotopic (exact) mass is 326 g/mol. The smallest absolute Gasteiger partial charge is 0.211 e. The number of hydrogen-bond donors (Lipinski definition) is 2. The molecule has 0 radical (unpaired) electrons. The van der Waals surface area contributed by atoms with Crippen molar-refractivity contribution in [1.29, 1.82) is 0 Å². The van der Waals surface area contributed by atoms with Gasteiger partial charge in [0.15, 0.2) is 0 Å². The fourth-order valence-corrected chi connectivity index (χ4v) is 5.66. The molecule has 0 aromatic carbocycles.